The number of carbonyl (C=O) groups is 2. The summed E-state index contributed by atoms with van der Waals surface area (Å²) in [6.45, 7) is 4.27. The molecule has 82 valence electrons. The average Bonchev–Trinajstić information content (AvgIpc) is 2.21. The van der Waals surface area contributed by atoms with E-state index in [-0.39, 0.29) is 24.3 Å². The molecule has 5 nitrogen and oxygen atoms in total. The van der Waals surface area contributed by atoms with Crippen molar-refractivity contribution in [2.45, 2.75) is 25.8 Å². The molecule has 1 aliphatic heterocycles. The highest BCUT2D eigenvalue weighted by atomic mass is 35.5. The summed E-state index contributed by atoms with van der Waals surface area (Å²) in [4.78, 5) is 24.0. The topological polar surface area (TPSA) is 75.4 Å². The van der Waals surface area contributed by atoms with Crippen LogP contribution in [0.4, 0.5) is 4.79 Å². The fourth-order valence-corrected chi connectivity index (χ4v) is 1.27. The molecule has 14 heavy (non-hydrogen) atoms. The number of nitrogens with one attached hydrogen (secondary N) is 1. The average molecular weight is 222 g/mol. The number of urea groups is 1. The Morgan fingerprint density at radius 1 is 1.43 bits per heavy atom. The summed E-state index contributed by atoms with van der Waals surface area (Å²) in [5, 5.41) is 2.60. The van der Waals surface area contributed by atoms with Crippen LogP contribution in [0, 0.1) is 0 Å². The van der Waals surface area contributed by atoms with Gasteiger partial charge in [0, 0.05) is 6.54 Å². The van der Waals surface area contributed by atoms with Crippen molar-refractivity contribution < 1.29 is 9.59 Å². The lowest BCUT2D eigenvalue weighted by molar-refractivity contribution is -0.130. The van der Waals surface area contributed by atoms with Crippen molar-refractivity contribution in [3.63, 3.8) is 0 Å². The number of carbonyl (C=O) groups excluding carboxylic acids is 2. The minimum Gasteiger partial charge on any atom is -0.330 e. The first-order valence-corrected chi connectivity index (χ1v) is 4.33. The zero-order valence-electron chi connectivity index (χ0n) is 8.37. The van der Waals surface area contributed by atoms with Crippen LogP contribution in [0.25, 0.3) is 0 Å². The molecule has 0 bridgehead atoms. The van der Waals surface area contributed by atoms with Crippen molar-refractivity contribution in [2.24, 2.45) is 5.73 Å². The maximum Gasteiger partial charge on any atom is 0.325 e. The summed E-state index contributed by atoms with van der Waals surface area (Å²) in [7, 11) is 0. The van der Waals surface area contributed by atoms with Crippen LogP contribution in [0.15, 0.2) is 0 Å². The van der Waals surface area contributed by atoms with Gasteiger partial charge in [-0.1, -0.05) is 0 Å². The van der Waals surface area contributed by atoms with Crippen molar-refractivity contribution in [3.8, 4) is 0 Å². The molecule has 6 heteroatoms. The third-order valence-corrected chi connectivity index (χ3v) is 2.03. The molecule has 3 amide bonds. The molecule has 1 aliphatic rings. The third-order valence-electron chi connectivity index (χ3n) is 2.03. The zero-order valence-corrected chi connectivity index (χ0v) is 9.19. The summed E-state index contributed by atoms with van der Waals surface area (Å²) in [6, 6.07) is -0.316. The molecule has 0 saturated carbocycles. The molecule has 1 heterocycles. The molecule has 3 N–H and O–H groups in total. The van der Waals surface area contributed by atoms with Gasteiger partial charge in [0.1, 0.15) is 5.54 Å². The van der Waals surface area contributed by atoms with E-state index in [0.717, 1.165) is 0 Å². The van der Waals surface area contributed by atoms with Crippen LogP contribution in [0.2, 0.25) is 0 Å². The lowest BCUT2D eigenvalue weighted by atomic mass is 10.1. The Balaban J connectivity index is 0.00000169. The van der Waals surface area contributed by atoms with Crippen LogP contribution in [-0.4, -0.2) is 35.5 Å². The number of amides is 3. The van der Waals surface area contributed by atoms with Crippen molar-refractivity contribution in [3.05, 3.63) is 0 Å². The van der Waals surface area contributed by atoms with Gasteiger partial charge in [-0.25, -0.2) is 4.79 Å². The molecule has 0 aromatic rings. The predicted octanol–water partition coefficient (Wildman–Crippen LogP) is 0.0874. The van der Waals surface area contributed by atoms with E-state index in [9.17, 15) is 9.59 Å². The first-order chi connectivity index (χ1) is 5.99. The quantitative estimate of drug-likeness (QED) is 0.664. The van der Waals surface area contributed by atoms with E-state index in [0.29, 0.717) is 19.5 Å². The second kappa shape index (κ2) is 4.61. The molecule has 0 unspecified atom stereocenters. The normalized spacial score (nSPS) is 19.2. The molecule has 1 fully saturated rings. The molecule has 0 atom stereocenters. The minimum absolute atomic E-state index is 0. The number of imide groups is 1. The van der Waals surface area contributed by atoms with Gasteiger partial charge in [-0.05, 0) is 26.8 Å². The van der Waals surface area contributed by atoms with Crippen molar-refractivity contribution in [2.75, 3.05) is 13.1 Å². The molecule has 0 aromatic heterocycles. The van der Waals surface area contributed by atoms with Crippen LogP contribution in [0.5, 0.6) is 0 Å². The minimum atomic E-state index is -0.758. The van der Waals surface area contributed by atoms with Crippen molar-refractivity contribution >= 4 is 24.3 Å². The SMILES string of the molecule is CC1(C)NC(=O)N(CCCN)C1=O.Cl. The summed E-state index contributed by atoms with van der Waals surface area (Å²) in [5.74, 6) is -0.175. The second-order valence-corrected chi connectivity index (χ2v) is 3.65. The van der Waals surface area contributed by atoms with Gasteiger partial charge in [0.25, 0.3) is 5.91 Å². The number of hydrogen-bond donors (Lipinski definition) is 2. The molecule has 0 spiro atoms. The maximum atomic E-state index is 11.5. The van der Waals surface area contributed by atoms with Crippen molar-refractivity contribution in [1.29, 1.82) is 0 Å². The van der Waals surface area contributed by atoms with Gasteiger partial charge in [0.05, 0.1) is 0 Å². The number of nitrogens with two attached hydrogens (primary N) is 1. The smallest absolute Gasteiger partial charge is 0.325 e. The van der Waals surface area contributed by atoms with E-state index >= 15 is 0 Å². The molecule has 1 saturated heterocycles. The predicted molar refractivity (Wildman–Crippen MR) is 55.2 cm³/mol. The van der Waals surface area contributed by atoms with E-state index < -0.39 is 5.54 Å². The molecule has 1 rings (SSSR count). The number of halogens is 1. The van der Waals surface area contributed by atoms with Crippen molar-refractivity contribution in [1.82, 2.24) is 10.2 Å². The maximum absolute atomic E-state index is 11.5. The van der Waals surface area contributed by atoms with Crippen LogP contribution in [-0.2, 0) is 4.79 Å². The number of nitrogens with zero attached hydrogens (tertiary/aromatic N) is 1. The van der Waals surface area contributed by atoms with E-state index in [1.54, 1.807) is 13.8 Å². The van der Waals surface area contributed by atoms with Crippen LogP contribution < -0.4 is 11.1 Å². The number of rotatable bonds is 3. The van der Waals surface area contributed by atoms with Gasteiger partial charge in [0.15, 0.2) is 0 Å². The first kappa shape index (κ1) is 13.2. The summed E-state index contributed by atoms with van der Waals surface area (Å²) < 4.78 is 0. The highest BCUT2D eigenvalue weighted by molar-refractivity contribution is 6.06. The molecule has 0 aliphatic carbocycles. The van der Waals surface area contributed by atoms with Gasteiger partial charge in [0.2, 0.25) is 0 Å². The van der Waals surface area contributed by atoms with E-state index in [4.69, 9.17) is 5.73 Å². The van der Waals surface area contributed by atoms with Gasteiger partial charge in [-0.3, -0.25) is 9.69 Å². The summed E-state index contributed by atoms with van der Waals surface area (Å²) in [5.41, 5.74) is 4.54. The lowest BCUT2D eigenvalue weighted by Gasteiger charge is -2.15. The molecular weight excluding hydrogens is 206 g/mol. The molecule has 0 aromatic carbocycles. The Labute approximate surface area is 89.4 Å². The summed E-state index contributed by atoms with van der Waals surface area (Å²) in [6.07, 6.45) is 0.648. The lowest BCUT2D eigenvalue weighted by Crippen LogP contribution is -2.40. The standard InChI is InChI=1S/C8H15N3O2.ClH/c1-8(2)6(12)11(5-3-4-9)7(13)10-8;/h3-5,9H2,1-2H3,(H,10,13);1H. The second-order valence-electron chi connectivity index (χ2n) is 3.65. The van der Waals surface area contributed by atoms with Gasteiger partial charge in [-0.2, -0.15) is 0 Å². The zero-order chi connectivity index (χ0) is 10.1. The largest absolute Gasteiger partial charge is 0.330 e. The Morgan fingerprint density at radius 3 is 2.36 bits per heavy atom. The fourth-order valence-electron chi connectivity index (χ4n) is 1.27. The highest BCUT2D eigenvalue weighted by Gasteiger charge is 2.43. The van der Waals surface area contributed by atoms with E-state index in [2.05, 4.69) is 5.32 Å². The van der Waals surface area contributed by atoms with Gasteiger partial charge in [-0.15, -0.1) is 12.4 Å². The first-order valence-electron chi connectivity index (χ1n) is 4.33. The van der Waals surface area contributed by atoms with Crippen LogP contribution in [0.3, 0.4) is 0 Å². The van der Waals surface area contributed by atoms with Crippen LogP contribution in [0.1, 0.15) is 20.3 Å². The molecular formula is C8H16ClN3O2. The van der Waals surface area contributed by atoms with Gasteiger partial charge < -0.3 is 11.1 Å². The monoisotopic (exact) mass is 221 g/mol. The molecule has 0 radical (unpaired) electrons. The fraction of sp³-hybridized carbons (Fsp3) is 0.750. The van der Waals surface area contributed by atoms with Crippen LogP contribution >= 0.6 is 12.4 Å². The Hall–Kier alpha value is -0.810. The van der Waals surface area contributed by atoms with E-state index in [1.807, 2.05) is 0 Å². The highest BCUT2D eigenvalue weighted by Crippen LogP contribution is 2.16. The Morgan fingerprint density at radius 2 is 2.00 bits per heavy atom. The van der Waals surface area contributed by atoms with Gasteiger partial charge >= 0.3 is 6.03 Å². The number of hydrogen-bond acceptors (Lipinski definition) is 3. The Kier molecular flexibility index (Phi) is 4.35. The van der Waals surface area contributed by atoms with E-state index in [1.165, 1.54) is 4.90 Å². The Bertz CT molecular complexity index is 243. The summed E-state index contributed by atoms with van der Waals surface area (Å²) >= 11 is 0. The third kappa shape index (κ3) is 2.36.